The van der Waals surface area contributed by atoms with Crippen LogP contribution in [-0.2, 0) is 10.0 Å². The number of sulfonamides is 1. The molecule has 0 saturated carbocycles. The third-order valence-electron chi connectivity index (χ3n) is 4.54. The zero-order valence-corrected chi connectivity index (χ0v) is 15.8. The minimum Gasteiger partial charge on any atom is -0.302 e. The van der Waals surface area contributed by atoms with E-state index in [-0.39, 0.29) is 0 Å². The third kappa shape index (κ3) is 4.78. The fourth-order valence-corrected chi connectivity index (χ4v) is 5.45. The van der Waals surface area contributed by atoms with E-state index in [1.54, 1.807) is 0 Å². The molecule has 0 aliphatic carbocycles. The summed E-state index contributed by atoms with van der Waals surface area (Å²) in [6.07, 6.45) is 1.27. The molecule has 1 aromatic carbocycles. The van der Waals surface area contributed by atoms with Crippen LogP contribution in [0.4, 0.5) is 0 Å². The van der Waals surface area contributed by atoms with Crippen LogP contribution in [0.3, 0.4) is 0 Å². The molecule has 4 nitrogen and oxygen atoms in total. The summed E-state index contributed by atoms with van der Waals surface area (Å²) in [5, 5.41) is 0. The summed E-state index contributed by atoms with van der Waals surface area (Å²) in [7, 11) is -3.44. The van der Waals surface area contributed by atoms with E-state index in [2.05, 4.69) is 23.5 Å². The molecule has 2 atom stereocenters. The van der Waals surface area contributed by atoms with Crippen molar-refractivity contribution in [1.82, 2.24) is 9.62 Å². The molecule has 130 valence electrons. The Hall–Kier alpha value is -0.910. The van der Waals surface area contributed by atoms with Crippen molar-refractivity contribution in [1.29, 1.82) is 0 Å². The summed E-state index contributed by atoms with van der Waals surface area (Å²) in [6, 6.07) is 3.85. The van der Waals surface area contributed by atoms with Crippen LogP contribution in [0.15, 0.2) is 17.0 Å². The first-order valence-electron chi connectivity index (χ1n) is 8.49. The van der Waals surface area contributed by atoms with E-state index in [0.29, 0.717) is 23.3 Å². The Morgan fingerprint density at radius 3 is 2.13 bits per heavy atom. The fraction of sp³-hybridized carbons (Fsp3) is 0.667. The Labute approximate surface area is 141 Å². The number of benzene rings is 1. The number of aryl methyl sites for hydroxylation is 3. The molecule has 1 aliphatic rings. The van der Waals surface area contributed by atoms with Gasteiger partial charge in [0.05, 0.1) is 4.90 Å². The molecule has 1 fully saturated rings. The average Bonchev–Trinajstić information content (AvgIpc) is 2.35. The van der Waals surface area contributed by atoms with Crippen molar-refractivity contribution < 1.29 is 8.42 Å². The molecule has 0 amide bonds. The first-order valence-corrected chi connectivity index (χ1v) is 9.97. The van der Waals surface area contributed by atoms with Gasteiger partial charge < -0.3 is 4.90 Å². The summed E-state index contributed by atoms with van der Waals surface area (Å²) >= 11 is 0. The van der Waals surface area contributed by atoms with Crippen LogP contribution in [0.5, 0.6) is 0 Å². The van der Waals surface area contributed by atoms with Gasteiger partial charge in [-0.25, -0.2) is 13.1 Å². The van der Waals surface area contributed by atoms with Crippen molar-refractivity contribution in [3.63, 3.8) is 0 Å². The Morgan fingerprint density at radius 2 is 1.61 bits per heavy atom. The molecule has 2 rings (SSSR count). The molecule has 1 aromatic rings. The van der Waals surface area contributed by atoms with Crippen molar-refractivity contribution >= 4 is 10.0 Å². The normalized spacial score (nSPS) is 23.2. The Bertz CT molecular complexity index is 622. The van der Waals surface area contributed by atoms with E-state index in [1.807, 2.05) is 32.9 Å². The average molecular weight is 339 g/mol. The smallest absolute Gasteiger partial charge is 0.241 e. The molecule has 0 bridgehead atoms. The summed E-state index contributed by atoms with van der Waals surface area (Å²) < 4.78 is 28.0. The van der Waals surface area contributed by atoms with Gasteiger partial charge in [-0.1, -0.05) is 31.5 Å². The monoisotopic (exact) mass is 338 g/mol. The molecular weight excluding hydrogens is 308 g/mol. The van der Waals surface area contributed by atoms with E-state index in [4.69, 9.17) is 0 Å². The lowest BCUT2D eigenvalue weighted by atomic mass is 9.92. The predicted octanol–water partition coefficient (Wildman–Crippen LogP) is 2.87. The van der Waals surface area contributed by atoms with Crippen molar-refractivity contribution in [2.75, 3.05) is 26.2 Å². The largest absolute Gasteiger partial charge is 0.302 e. The van der Waals surface area contributed by atoms with Gasteiger partial charge in [0.1, 0.15) is 0 Å². The quantitative estimate of drug-likeness (QED) is 0.898. The second-order valence-corrected chi connectivity index (χ2v) is 9.04. The minimum absolute atomic E-state index is 0.434. The van der Waals surface area contributed by atoms with Crippen molar-refractivity contribution in [3.05, 3.63) is 28.8 Å². The molecule has 2 unspecified atom stereocenters. The lowest BCUT2D eigenvalue weighted by Crippen LogP contribution is -2.43. The number of hydrogen-bond donors (Lipinski definition) is 1. The minimum atomic E-state index is -3.44. The van der Waals surface area contributed by atoms with Crippen LogP contribution in [0, 0.1) is 32.6 Å². The Morgan fingerprint density at radius 1 is 1.09 bits per heavy atom. The van der Waals surface area contributed by atoms with E-state index in [1.165, 1.54) is 6.42 Å². The highest BCUT2D eigenvalue weighted by Gasteiger charge is 2.23. The molecule has 23 heavy (non-hydrogen) atoms. The molecule has 0 aromatic heterocycles. The van der Waals surface area contributed by atoms with Crippen LogP contribution < -0.4 is 4.72 Å². The molecule has 1 saturated heterocycles. The van der Waals surface area contributed by atoms with Gasteiger partial charge in [-0.15, -0.1) is 0 Å². The number of nitrogens with one attached hydrogen (secondary N) is 1. The highest BCUT2D eigenvalue weighted by molar-refractivity contribution is 7.89. The van der Waals surface area contributed by atoms with Gasteiger partial charge >= 0.3 is 0 Å². The lowest BCUT2D eigenvalue weighted by Gasteiger charge is -2.34. The fourth-order valence-electron chi connectivity index (χ4n) is 3.98. The molecule has 1 aliphatic heterocycles. The van der Waals surface area contributed by atoms with Crippen LogP contribution in [0.25, 0.3) is 0 Å². The van der Waals surface area contributed by atoms with Gasteiger partial charge in [0.15, 0.2) is 0 Å². The maximum Gasteiger partial charge on any atom is 0.241 e. The van der Waals surface area contributed by atoms with E-state index in [9.17, 15) is 8.42 Å². The van der Waals surface area contributed by atoms with Gasteiger partial charge in [0.25, 0.3) is 0 Å². The topological polar surface area (TPSA) is 49.4 Å². The van der Waals surface area contributed by atoms with E-state index in [0.717, 1.165) is 36.3 Å². The van der Waals surface area contributed by atoms with Gasteiger partial charge in [-0.2, -0.15) is 0 Å². The summed E-state index contributed by atoms with van der Waals surface area (Å²) in [4.78, 5) is 2.81. The molecule has 0 spiro atoms. The first kappa shape index (κ1) is 18.4. The molecule has 0 radical (unpaired) electrons. The van der Waals surface area contributed by atoms with Crippen molar-refractivity contribution in [2.45, 2.75) is 45.9 Å². The SMILES string of the molecule is Cc1cc(C)c(S(=O)(=O)NCCN2CC(C)CC(C)C2)c(C)c1. The third-order valence-corrected chi connectivity index (χ3v) is 6.30. The van der Waals surface area contributed by atoms with Crippen LogP contribution in [-0.4, -0.2) is 39.5 Å². The molecular formula is C18H30N2O2S. The van der Waals surface area contributed by atoms with Crippen LogP contribution >= 0.6 is 0 Å². The second kappa shape index (κ2) is 7.32. The zero-order valence-electron chi connectivity index (χ0n) is 15.0. The highest BCUT2D eigenvalue weighted by atomic mass is 32.2. The van der Waals surface area contributed by atoms with Crippen molar-refractivity contribution in [2.24, 2.45) is 11.8 Å². The van der Waals surface area contributed by atoms with Crippen LogP contribution in [0.2, 0.25) is 0 Å². The molecule has 5 heteroatoms. The van der Waals surface area contributed by atoms with E-state index >= 15 is 0 Å². The Balaban J connectivity index is 2.00. The maximum atomic E-state index is 12.6. The number of rotatable bonds is 5. The highest BCUT2D eigenvalue weighted by Crippen LogP contribution is 2.22. The number of nitrogens with zero attached hydrogens (tertiary/aromatic N) is 1. The maximum absolute atomic E-state index is 12.6. The van der Waals surface area contributed by atoms with Gasteiger partial charge in [0, 0.05) is 26.2 Å². The van der Waals surface area contributed by atoms with Crippen LogP contribution in [0.1, 0.15) is 37.0 Å². The summed E-state index contributed by atoms with van der Waals surface area (Å²) in [5.41, 5.74) is 2.72. The molecule has 1 heterocycles. The Kier molecular flexibility index (Phi) is 5.87. The van der Waals surface area contributed by atoms with E-state index < -0.39 is 10.0 Å². The predicted molar refractivity (Wildman–Crippen MR) is 95.2 cm³/mol. The first-order chi connectivity index (χ1) is 10.7. The number of likely N-dealkylation sites (tertiary alicyclic amines) is 1. The van der Waals surface area contributed by atoms with Gasteiger partial charge in [-0.3, -0.25) is 0 Å². The number of piperidine rings is 1. The van der Waals surface area contributed by atoms with Gasteiger partial charge in [-0.05, 0) is 50.2 Å². The summed E-state index contributed by atoms with van der Waals surface area (Å²) in [5.74, 6) is 1.38. The zero-order chi connectivity index (χ0) is 17.2. The summed E-state index contributed by atoms with van der Waals surface area (Å²) in [6.45, 7) is 13.6. The number of hydrogen-bond acceptors (Lipinski definition) is 3. The second-order valence-electron chi connectivity index (χ2n) is 7.33. The molecule has 1 N–H and O–H groups in total. The van der Waals surface area contributed by atoms with Crippen molar-refractivity contribution in [3.8, 4) is 0 Å². The standard InChI is InChI=1S/C18H30N2O2S/c1-13-9-16(4)18(17(5)10-13)23(21,22)19-6-7-20-11-14(2)8-15(3)12-20/h9-10,14-15,19H,6-8,11-12H2,1-5H3. The van der Waals surface area contributed by atoms with Gasteiger partial charge in [0.2, 0.25) is 10.0 Å². The lowest BCUT2D eigenvalue weighted by molar-refractivity contribution is 0.143.